The van der Waals surface area contributed by atoms with Crippen LogP contribution in [-0.2, 0) is 22.6 Å². The number of carbonyl (C=O) groups excluding carboxylic acids is 1. The molecule has 2 aromatic heterocycles. The molecule has 23 heavy (non-hydrogen) atoms. The topological polar surface area (TPSA) is 131 Å². The molecule has 0 bridgehead atoms. The molecular weight excluding hydrogens is 302 g/mol. The summed E-state index contributed by atoms with van der Waals surface area (Å²) in [6, 6.07) is 0. The van der Waals surface area contributed by atoms with Crippen LogP contribution < -0.4 is 11.4 Å². The summed E-state index contributed by atoms with van der Waals surface area (Å²) in [6.07, 6.45) is 4.97. The highest BCUT2D eigenvalue weighted by Gasteiger charge is 2.06. The second kappa shape index (κ2) is 8.01. The van der Waals surface area contributed by atoms with Crippen LogP contribution in [0.25, 0.3) is 0 Å². The molecule has 2 aromatic rings. The van der Waals surface area contributed by atoms with Crippen molar-refractivity contribution in [3.05, 3.63) is 28.7 Å². The fourth-order valence-corrected chi connectivity index (χ4v) is 1.95. The van der Waals surface area contributed by atoms with Gasteiger partial charge in [-0.15, -0.1) is 5.10 Å². The van der Waals surface area contributed by atoms with E-state index in [2.05, 4.69) is 20.3 Å². The normalized spacial score (nSPS) is 10.7. The van der Waals surface area contributed by atoms with Crippen molar-refractivity contribution >= 4 is 11.9 Å². The van der Waals surface area contributed by atoms with Crippen LogP contribution in [0, 0.1) is 0 Å². The summed E-state index contributed by atoms with van der Waals surface area (Å²) in [7, 11) is 0. The zero-order valence-electron chi connectivity index (χ0n) is 12.9. The van der Waals surface area contributed by atoms with Gasteiger partial charge in [-0.05, 0) is 19.8 Å². The molecule has 0 spiro atoms. The molecule has 0 fully saturated rings. The number of unbranched alkanes of at least 4 members (excludes halogenated alkanes) is 1. The Morgan fingerprint density at radius 1 is 1.39 bits per heavy atom. The van der Waals surface area contributed by atoms with Crippen molar-refractivity contribution in [2.45, 2.75) is 39.3 Å². The lowest BCUT2D eigenvalue weighted by molar-refractivity contribution is -0.143. The maximum absolute atomic E-state index is 11.6. The molecule has 0 saturated carbocycles. The first kappa shape index (κ1) is 16.6. The molecular formula is C13H19N7O3. The van der Waals surface area contributed by atoms with Crippen molar-refractivity contribution in [3.63, 3.8) is 0 Å². The van der Waals surface area contributed by atoms with Gasteiger partial charge in [0.1, 0.15) is 12.0 Å². The molecule has 10 nitrogen and oxygen atoms in total. The molecule has 2 heterocycles. The first-order chi connectivity index (χ1) is 11.1. The van der Waals surface area contributed by atoms with Crippen LogP contribution in [0.2, 0.25) is 0 Å². The zero-order valence-corrected chi connectivity index (χ0v) is 12.9. The Labute approximate surface area is 132 Å². The van der Waals surface area contributed by atoms with Gasteiger partial charge in [0.2, 0.25) is 5.95 Å². The second-order valence-electron chi connectivity index (χ2n) is 4.86. The Kier molecular flexibility index (Phi) is 5.78. The summed E-state index contributed by atoms with van der Waals surface area (Å²) in [5.41, 5.74) is 5.46. The van der Waals surface area contributed by atoms with E-state index in [9.17, 15) is 9.59 Å². The van der Waals surface area contributed by atoms with Crippen molar-refractivity contribution in [1.29, 1.82) is 0 Å². The smallest absolute Gasteiger partial charge is 0.352 e. The van der Waals surface area contributed by atoms with E-state index in [1.54, 1.807) is 17.8 Å². The first-order valence-corrected chi connectivity index (χ1v) is 7.32. The number of rotatable bonds is 8. The molecule has 0 aliphatic heterocycles. The van der Waals surface area contributed by atoms with Gasteiger partial charge in [0.15, 0.2) is 0 Å². The molecule has 0 amide bonds. The number of esters is 1. The van der Waals surface area contributed by atoms with Crippen LogP contribution in [0.4, 0.5) is 5.95 Å². The fraction of sp³-hybridized carbons (Fsp3) is 0.538. The average molecular weight is 321 g/mol. The van der Waals surface area contributed by atoms with E-state index in [4.69, 9.17) is 10.5 Å². The molecule has 2 N–H and O–H groups in total. The summed E-state index contributed by atoms with van der Waals surface area (Å²) in [4.78, 5) is 30.1. The maximum Gasteiger partial charge on any atom is 0.352 e. The van der Waals surface area contributed by atoms with Crippen molar-refractivity contribution in [2.75, 3.05) is 12.3 Å². The van der Waals surface area contributed by atoms with Gasteiger partial charge in [0, 0.05) is 13.0 Å². The highest BCUT2D eigenvalue weighted by molar-refractivity contribution is 5.69. The van der Waals surface area contributed by atoms with E-state index in [0.717, 1.165) is 12.8 Å². The van der Waals surface area contributed by atoms with E-state index in [1.165, 1.54) is 10.9 Å². The van der Waals surface area contributed by atoms with Gasteiger partial charge in [-0.2, -0.15) is 4.98 Å². The van der Waals surface area contributed by atoms with Gasteiger partial charge in [0.25, 0.3) is 0 Å². The molecule has 0 aliphatic rings. The quantitative estimate of drug-likeness (QED) is 0.513. The van der Waals surface area contributed by atoms with Gasteiger partial charge in [-0.3, -0.25) is 14.0 Å². The van der Waals surface area contributed by atoms with Crippen LogP contribution >= 0.6 is 0 Å². The number of nitrogen functional groups attached to an aromatic ring is 1. The number of hydrogen-bond acceptors (Lipinski definition) is 8. The Morgan fingerprint density at radius 3 is 2.96 bits per heavy atom. The Hall–Kier alpha value is -2.78. The lowest BCUT2D eigenvalue weighted by Crippen LogP contribution is -2.25. The van der Waals surface area contributed by atoms with Crippen LogP contribution in [0.3, 0.4) is 0 Å². The number of aromatic nitrogens is 6. The summed E-state index contributed by atoms with van der Waals surface area (Å²) in [5.74, 6) is -0.244. The Morgan fingerprint density at radius 2 is 2.22 bits per heavy atom. The SMILES string of the molecule is CCOC(=O)CCCCn1cc(Cn2cnc(N)nc2=O)nn1. The largest absolute Gasteiger partial charge is 0.466 e. The van der Waals surface area contributed by atoms with Crippen molar-refractivity contribution in [1.82, 2.24) is 29.5 Å². The minimum Gasteiger partial charge on any atom is -0.466 e. The van der Waals surface area contributed by atoms with Crippen molar-refractivity contribution < 1.29 is 9.53 Å². The number of anilines is 1. The monoisotopic (exact) mass is 321 g/mol. The summed E-state index contributed by atoms with van der Waals surface area (Å²) >= 11 is 0. The number of carbonyl (C=O) groups is 1. The molecule has 0 atom stereocenters. The van der Waals surface area contributed by atoms with E-state index in [-0.39, 0.29) is 18.5 Å². The van der Waals surface area contributed by atoms with E-state index in [0.29, 0.717) is 25.3 Å². The average Bonchev–Trinajstić information content (AvgIpc) is 2.94. The van der Waals surface area contributed by atoms with E-state index in [1.807, 2.05) is 0 Å². The predicted molar refractivity (Wildman–Crippen MR) is 80.3 cm³/mol. The summed E-state index contributed by atoms with van der Waals surface area (Å²) in [6.45, 7) is 3.05. The number of nitrogens with two attached hydrogens (primary N) is 1. The maximum atomic E-state index is 11.6. The molecule has 124 valence electrons. The second-order valence-corrected chi connectivity index (χ2v) is 4.86. The molecule has 0 unspecified atom stereocenters. The van der Waals surface area contributed by atoms with E-state index >= 15 is 0 Å². The van der Waals surface area contributed by atoms with Gasteiger partial charge in [-0.1, -0.05) is 5.21 Å². The molecule has 0 aromatic carbocycles. The van der Waals surface area contributed by atoms with Crippen LogP contribution in [0.5, 0.6) is 0 Å². The number of ether oxygens (including phenoxy) is 1. The first-order valence-electron chi connectivity index (χ1n) is 7.32. The Balaban J connectivity index is 1.81. The highest BCUT2D eigenvalue weighted by atomic mass is 16.5. The fourth-order valence-electron chi connectivity index (χ4n) is 1.95. The van der Waals surface area contributed by atoms with Crippen molar-refractivity contribution in [3.8, 4) is 0 Å². The van der Waals surface area contributed by atoms with E-state index < -0.39 is 5.69 Å². The van der Waals surface area contributed by atoms with Gasteiger partial charge in [0.05, 0.1) is 19.3 Å². The third-order valence-corrected chi connectivity index (χ3v) is 3.03. The third-order valence-electron chi connectivity index (χ3n) is 3.03. The van der Waals surface area contributed by atoms with Gasteiger partial charge < -0.3 is 10.5 Å². The standard InChI is InChI=1S/C13H19N7O3/c1-2-23-11(21)5-3-4-6-20-8-10(17-18-20)7-19-9-15-12(14)16-13(19)22/h8-9H,2-7H2,1H3,(H2,14,16,22). The van der Waals surface area contributed by atoms with Crippen LogP contribution in [0.1, 0.15) is 31.9 Å². The van der Waals surface area contributed by atoms with Crippen molar-refractivity contribution in [2.24, 2.45) is 0 Å². The highest BCUT2D eigenvalue weighted by Crippen LogP contribution is 2.02. The third kappa shape index (κ3) is 5.16. The summed E-state index contributed by atoms with van der Waals surface area (Å²) in [5, 5.41) is 7.98. The minimum absolute atomic E-state index is 0.0588. The Bertz CT molecular complexity index is 710. The van der Waals surface area contributed by atoms with Gasteiger partial charge in [-0.25, -0.2) is 9.78 Å². The lowest BCUT2D eigenvalue weighted by atomic mass is 10.2. The molecule has 0 radical (unpaired) electrons. The number of hydrogen-bond donors (Lipinski definition) is 1. The summed E-state index contributed by atoms with van der Waals surface area (Å²) < 4.78 is 7.82. The van der Waals surface area contributed by atoms with Crippen LogP contribution in [-0.4, -0.2) is 42.1 Å². The zero-order chi connectivity index (χ0) is 16.7. The molecule has 2 rings (SSSR count). The number of aryl methyl sites for hydroxylation is 1. The lowest BCUT2D eigenvalue weighted by Gasteiger charge is -2.02. The predicted octanol–water partition coefficient (Wildman–Crippen LogP) is -0.406. The van der Waals surface area contributed by atoms with Crippen LogP contribution in [0.15, 0.2) is 17.3 Å². The molecule has 10 heteroatoms. The molecule has 0 saturated heterocycles. The number of nitrogens with zero attached hydrogens (tertiary/aromatic N) is 6. The minimum atomic E-state index is -0.485. The van der Waals surface area contributed by atoms with Gasteiger partial charge >= 0.3 is 11.7 Å². The molecule has 0 aliphatic carbocycles.